The van der Waals surface area contributed by atoms with Gasteiger partial charge in [0.25, 0.3) is 0 Å². The smallest absolute Gasteiger partial charge is 0.0920 e. The fourth-order valence-corrected chi connectivity index (χ4v) is 11.7. The van der Waals surface area contributed by atoms with Gasteiger partial charge in [-0.1, -0.05) is 27.7 Å². The van der Waals surface area contributed by atoms with Gasteiger partial charge in [-0.05, 0) is 135 Å². The van der Waals surface area contributed by atoms with Crippen LogP contribution in [-0.4, -0.2) is 34.9 Å². The van der Waals surface area contributed by atoms with Gasteiger partial charge in [-0.3, -0.25) is 0 Å². The molecule has 0 aromatic rings. The Morgan fingerprint density at radius 2 is 1.03 bits per heavy atom. The third-order valence-electron chi connectivity index (χ3n) is 12.2. The van der Waals surface area contributed by atoms with Crippen molar-refractivity contribution in [1.29, 1.82) is 0 Å². The fraction of sp³-hybridized carbons (Fsp3) is 0.938. The number of thioether (sulfide) groups is 2. The lowest BCUT2D eigenvalue weighted by atomic mass is 9.51. The number of hydrogen-bond donors (Lipinski definition) is 0. The Kier molecular flexibility index (Phi) is 7.00. The molecule has 0 bridgehead atoms. The van der Waals surface area contributed by atoms with Crippen LogP contribution in [0.25, 0.3) is 0 Å². The maximum atomic E-state index is 6.16. The Labute approximate surface area is 230 Å². The van der Waals surface area contributed by atoms with E-state index >= 15 is 0 Å². The van der Waals surface area contributed by atoms with Crippen LogP contribution in [0, 0.1) is 46.3 Å². The topological polar surface area (TPSA) is 25.1 Å². The van der Waals surface area contributed by atoms with Crippen LogP contribution in [0.15, 0.2) is 10.8 Å². The van der Waals surface area contributed by atoms with Gasteiger partial charge < -0.3 is 9.47 Å². The molecule has 0 spiro atoms. The largest absolute Gasteiger partial charge is 0.366 e. The Morgan fingerprint density at radius 1 is 0.611 bits per heavy atom. The Morgan fingerprint density at radius 3 is 1.42 bits per heavy atom. The van der Waals surface area contributed by atoms with Gasteiger partial charge in [-0.2, -0.15) is 0 Å². The fourth-order valence-electron chi connectivity index (χ4n) is 9.48. The van der Waals surface area contributed by atoms with Gasteiger partial charge in [0, 0.05) is 11.5 Å². The minimum Gasteiger partial charge on any atom is -0.366 e. The monoisotopic (exact) mass is 532 g/mol. The molecule has 0 unspecified atom stereocenters. The molecule has 4 saturated carbocycles. The van der Waals surface area contributed by atoms with E-state index in [1.54, 1.807) is 0 Å². The first-order chi connectivity index (χ1) is 17.0. The molecule has 2 saturated heterocycles. The Bertz CT molecular complexity index is 785. The molecule has 4 aliphatic carbocycles. The number of epoxide rings is 2. The molecule has 2 aliphatic heterocycles. The van der Waals surface area contributed by atoms with Crippen molar-refractivity contribution in [2.45, 2.75) is 129 Å². The van der Waals surface area contributed by atoms with Gasteiger partial charge in [-0.25, -0.2) is 0 Å². The second kappa shape index (κ2) is 9.48. The van der Waals surface area contributed by atoms with Crippen LogP contribution in [-0.2, 0) is 9.47 Å². The highest BCUT2D eigenvalue weighted by atomic mass is 32.2. The van der Waals surface area contributed by atoms with E-state index in [9.17, 15) is 0 Å². The third kappa shape index (κ3) is 5.01. The summed E-state index contributed by atoms with van der Waals surface area (Å²) >= 11 is 4.19. The number of hydrogen-bond acceptors (Lipinski definition) is 4. The number of ether oxygens (including phenoxy) is 2. The summed E-state index contributed by atoms with van der Waals surface area (Å²) in [6.07, 6.45) is 14.6. The molecule has 0 N–H and O–H groups in total. The first-order valence-electron chi connectivity index (χ1n) is 15.2. The van der Waals surface area contributed by atoms with E-state index in [1.165, 1.54) is 75.7 Å². The molecule has 6 fully saturated rings. The minimum atomic E-state index is 0.212. The van der Waals surface area contributed by atoms with Crippen molar-refractivity contribution in [2.75, 3.05) is 11.5 Å². The number of rotatable bonds is 6. The van der Waals surface area contributed by atoms with E-state index in [1.807, 2.05) is 0 Å². The van der Waals surface area contributed by atoms with Gasteiger partial charge in [0.2, 0.25) is 0 Å². The molecular formula is C32H52O2S2. The van der Waals surface area contributed by atoms with Crippen LogP contribution in [0.5, 0.6) is 0 Å². The minimum absolute atomic E-state index is 0.212. The summed E-state index contributed by atoms with van der Waals surface area (Å²) in [5.74, 6) is 8.05. The molecule has 0 amide bonds. The Hall–Kier alpha value is 0.360. The van der Waals surface area contributed by atoms with Crippen molar-refractivity contribution in [3.63, 3.8) is 0 Å². The van der Waals surface area contributed by atoms with Crippen molar-refractivity contribution >= 4 is 23.5 Å². The average molecular weight is 533 g/mol. The molecule has 0 aromatic heterocycles. The second-order valence-electron chi connectivity index (χ2n) is 15.5. The average Bonchev–Trinajstić information content (AvgIpc) is 3.65. The Balaban J connectivity index is 0.993. The van der Waals surface area contributed by atoms with Gasteiger partial charge >= 0.3 is 0 Å². The summed E-state index contributed by atoms with van der Waals surface area (Å²) in [6.45, 7) is 14.8. The molecule has 0 radical (unpaired) electrons. The van der Waals surface area contributed by atoms with E-state index in [2.05, 4.69) is 75.9 Å². The summed E-state index contributed by atoms with van der Waals surface area (Å²) in [7, 11) is 0. The number of fused-ring (bicyclic) bond motifs is 4. The summed E-state index contributed by atoms with van der Waals surface area (Å²) in [6, 6.07) is 0. The van der Waals surface area contributed by atoms with Crippen LogP contribution >= 0.6 is 23.5 Å². The maximum absolute atomic E-state index is 6.16. The quantitative estimate of drug-likeness (QED) is 0.319. The predicted molar refractivity (Wildman–Crippen MR) is 155 cm³/mol. The van der Waals surface area contributed by atoms with Crippen molar-refractivity contribution < 1.29 is 9.47 Å². The molecule has 6 aliphatic rings. The van der Waals surface area contributed by atoms with Gasteiger partial charge in [0.1, 0.15) is 0 Å². The van der Waals surface area contributed by atoms with Crippen molar-refractivity contribution in [3.8, 4) is 0 Å². The van der Waals surface area contributed by atoms with E-state index in [0.29, 0.717) is 23.0 Å². The second-order valence-corrected chi connectivity index (χ2v) is 17.3. The molecule has 2 heterocycles. The van der Waals surface area contributed by atoms with Crippen LogP contribution in [0.2, 0.25) is 0 Å². The van der Waals surface area contributed by atoms with E-state index in [4.69, 9.17) is 9.47 Å². The predicted octanol–water partition coefficient (Wildman–Crippen LogP) is 8.94. The lowest BCUT2D eigenvalue weighted by Gasteiger charge is -2.55. The molecule has 36 heavy (non-hydrogen) atoms. The summed E-state index contributed by atoms with van der Waals surface area (Å²) in [5.41, 5.74) is 1.50. The van der Waals surface area contributed by atoms with Crippen molar-refractivity contribution in [2.24, 2.45) is 46.3 Å². The van der Waals surface area contributed by atoms with E-state index in [-0.39, 0.29) is 11.2 Å². The molecular weight excluding hydrogens is 480 g/mol. The summed E-state index contributed by atoms with van der Waals surface area (Å²) in [4.78, 5) is 0. The van der Waals surface area contributed by atoms with Gasteiger partial charge in [-0.15, -0.1) is 23.5 Å². The summed E-state index contributed by atoms with van der Waals surface area (Å²) < 4.78 is 12.3. The van der Waals surface area contributed by atoms with Gasteiger partial charge in [0.15, 0.2) is 0 Å². The highest BCUT2D eigenvalue weighted by Crippen LogP contribution is 2.61. The molecule has 10 atom stereocenters. The first kappa shape index (κ1) is 26.6. The molecule has 6 rings (SSSR count). The molecule has 204 valence electrons. The first-order valence-corrected chi connectivity index (χ1v) is 17.3. The van der Waals surface area contributed by atoms with Crippen LogP contribution in [0.4, 0.5) is 0 Å². The van der Waals surface area contributed by atoms with Crippen molar-refractivity contribution in [3.05, 3.63) is 10.8 Å². The van der Waals surface area contributed by atoms with Crippen LogP contribution < -0.4 is 0 Å². The zero-order valence-corrected chi connectivity index (χ0v) is 25.5. The third-order valence-corrected chi connectivity index (χ3v) is 14.3. The van der Waals surface area contributed by atoms with Crippen LogP contribution in [0.3, 0.4) is 0 Å². The lowest BCUT2D eigenvalue weighted by Crippen LogP contribution is -2.48. The highest BCUT2D eigenvalue weighted by Gasteiger charge is 2.58. The summed E-state index contributed by atoms with van der Waals surface area (Å²) in [5, 5.41) is 4.87. The lowest BCUT2D eigenvalue weighted by molar-refractivity contribution is -0.0520. The standard InChI is InChI=1S/C32H52O2S2/c1-29(2)17-23-21(7-9-27-31(5,33-27)13-11-25(23)29)19-35-15-16-36-20-22-8-10-28-32(6,34-28)14-12-26-24(22)18-30(26,3)4/h15-16,21-28H,7-14,17-20H2,1-6H3/b16-15-/t21-,22-,23+,24+,25+,26+,27+,28+,31+,32+/m0/s1. The molecule has 4 heteroatoms. The van der Waals surface area contributed by atoms with Crippen molar-refractivity contribution in [1.82, 2.24) is 0 Å². The SMILES string of the molecule is CC1(C)C[C@@H]2[C@H](CS/C=C\SC[C@@H]3CC[C@H]4O[C@]4(C)CC[C@@H]4[C@@H]3CC4(C)C)CC[C@H]3O[C@]3(C)CC[C@H]21. The molecule has 0 aromatic carbocycles. The van der Waals surface area contributed by atoms with Crippen LogP contribution in [0.1, 0.15) is 106 Å². The zero-order valence-electron chi connectivity index (χ0n) is 23.9. The maximum Gasteiger partial charge on any atom is 0.0920 e. The van der Waals surface area contributed by atoms with E-state index < -0.39 is 0 Å². The normalized spacial score (nSPS) is 50.7. The van der Waals surface area contributed by atoms with E-state index in [0.717, 1.165) is 35.5 Å². The molecule has 2 nitrogen and oxygen atoms in total. The highest BCUT2D eigenvalue weighted by molar-refractivity contribution is 8.05. The zero-order chi connectivity index (χ0) is 25.3. The van der Waals surface area contributed by atoms with Gasteiger partial charge in [0.05, 0.1) is 23.4 Å².